The summed E-state index contributed by atoms with van der Waals surface area (Å²) in [6.07, 6.45) is 0. The smallest absolute Gasteiger partial charge is 0.283 e. The fourth-order valence-corrected chi connectivity index (χ4v) is 6.77. The number of aromatic nitrogens is 1. The number of fused-ring (bicyclic) bond motifs is 1. The van der Waals surface area contributed by atoms with Crippen LogP contribution in [0.4, 0.5) is 11.4 Å². The lowest BCUT2D eigenvalue weighted by molar-refractivity contribution is -0.112. The van der Waals surface area contributed by atoms with E-state index in [1.807, 2.05) is 75.2 Å². The summed E-state index contributed by atoms with van der Waals surface area (Å²) in [5.74, 6) is 0.549. The summed E-state index contributed by atoms with van der Waals surface area (Å²) < 4.78 is 8.30. The maximum Gasteiger partial charge on any atom is 0.283 e. The average Bonchev–Trinajstić information content (AvgIpc) is 3.43. The number of thiazole rings is 1. The number of carbonyl (C=O) groups excluding carboxylic acids is 1. The van der Waals surface area contributed by atoms with Crippen molar-refractivity contribution in [1.82, 2.24) is 4.57 Å². The molecule has 0 aliphatic carbocycles. The molecule has 0 unspecified atom stereocenters. The van der Waals surface area contributed by atoms with Gasteiger partial charge >= 0.3 is 0 Å². The van der Waals surface area contributed by atoms with E-state index in [-0.39, 0.29) is 11.5 Å². The molecule has 174 valence electrons. The molecular weight excluding hydrogens is 468 g/mol. The van der Waals surface area contributed by atoms with Gasteiger partial charge in [-0.25, -0.2) is 0 Å². The predicted molar refractivity (Wildman–Crippen MR) is 139 cm³/mol. The fraction of sp³-hybridized carbons (Fsp3) is 0.240. The van der Waals surface area contributed by atoms with Gasteiger partial charge < -0.3 is 9.64 Å². The van der Waals surface area contributed by atoms with Crippen LogP contribution < -0.4 is 29.4 Å². The van der Waals surface area contributed by atoms with Gasteiger partial charge in [-0.2, -0.15) is 10.1 Å². The minimum atomic E-state index is -0.216. The van der Waals surface area contributed by atoms with Gasteiger partial charge in [0, 0.05) is 24.6 Å². The van der Waals surface area contributed by atoms with Gasteiger partial charge in [-0.05, 0) is 44.5 Å². The van der Waals surface area contributed by atoms with Gasteiger partial charge in [0.15, 0.2) is 0 Å². The van der Waals surface area contributed by atoms with Crippen LogP contribution in [0.25, 0.3) is 10.6 Å². The Bertz CT molecular complexity index is 1550. The molecule has 3 heterocycles. The van der Waals surface area contributed by atoms with Crippen LogP contribution in [0, 0.1) is 6.92 Å². The fourth-order valence-electron chi connectivity index (χ4n) is 4.19. The van der Waals surface area contributed by atoms with Crippen LogP contribution in [-0.4, -0.2) is 30.3 Å². The van der Waals surface area contributed by atoms with Crippen LogP contribution in [0.5, 0.6) is 5.75 Å². The van der Waals surface area contributed by atoms with Crippen LogP contribution in [0.2, 0.25) is 0 Å². The standard InChI is InChI=1S/C25H24N4O3S2/c1-6-28-23(31)21(25-27(4)18-13-16(32-5)11-12-19(18)33-25)34-24(28)20-15(3)26-29(22(20)30)17-10-8-7-9-14(17)2/h7-13H,6H2,1-5H3. The van der Waals surface area contributed by atoms with E-state index in [0.29, 0.717) is 27.0 Å². The van der Waals surface area contributed by atoms with Crippen molar-refractivity contribution in [3.05, 3.63) is 67.6 Å². The van der Waals surface area contributed by atoms with E-state index in [4.69, 9.17) is 4.74 Å². The number of para-hydroxylation sites is 1. The van der Waals surface area contributed by atoms with Crippen molar-refractivity contribution in [2.24, 2.45) is 5.10 Å². The highest BCUT2D eigenvalue weighted by Crippen LogP contribution is 2.46. The molecule has 2 aromatic carbocycles. The Hall–Kier alpha value is -3.30. The van der Waals surface area contributed by atoms with E-state index in [0.717, 1.165) is 32.6 Å². The Morgan fingerprint density at radius 3 is 2.53 bits per heavy atom. The molecule has 0 fully saturated rings. The zero-order valence-electron chi connectivity index (χ0n) is 19.6. The number of thioether (sulfide) groups is 1. The van der Waals surface area contributed by atoms with E-state index in [1.165, 1.54) is 16.3 Å². The molecule has 0 radical (unpaired) electrons. The second kappa shape index (κ2) is 8.48. The minimum absolute atomic E-state index is 0.0981. The topological polar surface area (TPSA) is 67.1 Å². The first kappa shape index (κ1) is 22.5. The number of anilines is 2. The van der Waals surface area contributed by atoms with E-state index in [9.17, 15) is 9.59 Å². The number of aryl methyl sites for hydroxylation is 1. The Labute approximate surface area is 205 Å². The van der Waals surface area contributed by atoms with Crippen molar-refractivity contribution in [3.8, 4) is 5.75 Å². The Morgan fingerprint density at radius 2 is 1.82 bits per heavy atom. The maximum absolute atomic E-state index is 13.5. The summed E-state index contributed by atoms with van der Waals surface area (Å²) in [5.41, 5.74) is 3.68. The summed E-state index contributed by atoms with van der Waals surface area (Å²) in [4.78, 5) is 30.1. The third-order valence-corrected chi connectivity index (χ3v) is 8.56. The molecular formula is C25H24N4O3S2. The number of hydrogen-bond acceptors (Lipinski definition) is 7. The van der Waals surface area contributed by atoms with Gasteiger partial charge in [0.05, 0.1) is 29.8 Å². The average molecular weight is 493 g/mol. The van der Waals surface area contributed by atoms with E-state index in [2.05, 4.69) is 5.10 Å². The molecule has 2 aliphatic rings. The summed E-state index contributed by atoms with van der Waals surface area (Å²) in [5, 5.41) is 6.85. The SMILES string of the molecule is CCn1c(=C2C(=O)N(c3ccccc3C)N=C2C)sc(=C2Sc3ccc(OC)cc3N2C)c1=O. The molecule has 34 heavy (non-hydrogen) atoms. The van der Waals surface area contributed by atoms with Crippen LogP contribution in [-0.2, 0) is 11.3 Å². The zero-order chi connectivity index (χ0) is 24.1. The van der Waals surface area contributed by atoms with E-state index >= 15 is 0 Å². The van der Waals surface area contributed by atoms with Crippen molar-refractivity contribution in [3.63, 3.8) is 0 Å². The Balaban J connectivity index is 1.70. The summed E-state index contributed by atoms with van der Waals surface area (Å²) in [6, 6.07) is 13.5. The molecule has 0 bridgehead atoms. The highest BCUT2D eigenvalue weighted by Gasteiger charge is 2.32. The summed E-state index contributed by atoms with van der Waals surface area (Å²) in [7, 11) is 3.59. The number of benzene rings is 2. The lowest BCUT2D eigenvalue weighted by atomic mass is 10.1. The molecule has 9 heteroatoms. The molecule has 1 amide bonds. The van der Waals surface area contributed by atoms with Crippen molar-refractivity contribution < 1.29 is 9.53 Å². The number of nitrogens with zero attached hydrogens (tertiary/aromatic N) is 4. The first-order chi connectivity index (χ1) is 16.3. The third kappa shape index (κ3) is 3.38. The third-order valence-electron chi connectivity index (χ3n) is 6.01. The van der Waals surface area contributed by atoms with Crippen molar-refractivity contribution >= 4 is 56.7 Å². The molecule has 0 spiro atoms. The first-order valence-corrected chi connectivity index (χ1v) is 12.5. The first-order valence-electron chi connectivity index (χ1n) is 10.9. The van der Waals surface area contributed by atoms with Crippen molar-refractivity contribution in [2.45, 2.75) is 32.2 Å². The normalized spacial score (nSPS) is 18.5. The van der Waals surface area contributed by atoms with Crippen molar-refractivity contribution in [2.75, 3.05) is 24.1 Å². The molecule has 0 N–H and O–H groups in total. The van der Waals surface area contributed by atoms with Gasteiger partial charge in [0.1, 0.15) is 20.0 Å². The number of amides is 1. The molecule has 3 aromatic rings. The monoisotopic (exact) mass is 492 g/mol. The lowest BCUT2D eigenvalue weighted by Gasteiger charge is -2.14. The van der Waals surface area contributed by atoms with Gasteiger partial charge in [0.25, 0.3) is 11.5 Å². The van der Waals surface area contributed by atoms with Gasteiger partial charge in [-0.15, -0.1) is 11.3 Å². The van der Waals surface area contributed by atoms with Gasteiger partial charge in [-0.3, -0.25) is 14.2 Å². The van der Waals surface area contributed by atoms with Gasteiger partial charge in [0.2, 0.25) is 0 Å². The molecule has 5 rings (SSSR count). The molecule has 7 nitrogen and oxygen atoms in total. The summed E-state index contributed by atoms with van der Waals surface area (Å²) in [6.45, 7) is 6.15. The minimum Gasteiger partial charge on any atom is -0.497 e. The highest BCUT2D eigenvalue weighted by molar-refractivity contribution is 8.08. The number of methoxy groups -OCH3 is 1. The Morgan fingerprint density at radius 1 is 1.06 bits per heavy atom. The number of hydrogen-bond donors (Lipinski definition) is 0. The molecule has 1 aromatic heterocycles. The van der Waals surface area contributed by atoms with Crippen LogP contribution >= 0.6 is 23.1 Å². The second-order valence-corrected chi connectivity index (χ2v) is 10.1. The van der Waals surface area contributed by atoms with E-state index < -0.39 is 0 Å². The molecule has 0 atom stereocenters. The maximum atomic E-state index is 13.5. The molecule has 0 saturated carbocycles. The second-order valence-electron chi connectivity index (χ2n) is 8.05. The number of rotatable bonds is 3. The quantitative estimate of drug-likeness (QED) is 0.562. The largest absolute Gasteiger partial charge is 0.497 e. The zero-order valence-corrected chi connectivity index (χ0v) is 21.2. The lowest BCUT2D eigenvalue weighted by Crippen LogP contribution is -2.35. The van der Waals surface area contributed by atoms with Gasteiger partial charge in [-0.1, -0.05) is 30.0 Å². The molecule has 0 saturated heterocycles. The Kier molecular flexibility index (Phi) is 5.61. The van der Waals surface area contributed by atoms with Crippen molar-refractivity contribution in [1.29, 1.82) is 0 Å². The number of ether oxygens (including phenoxy) is 1. The highest BCUT2D eigenvalue weighted by atomic mass is 32.2. The number of hydrazone groups is 1. The van der Waals surface area contributed by atoms with Crippen LogP contribution in [0.3, 0.4) is 0 Å². The predicted octanol–water partition coefficient (Wildman–Crippen LogP) is 3.13. The van der Waals surface area contributed by atoms with Crippen LogP contribution in [0.1, 0.15) is 19.4 Å². The van der Waals surface area contributed by atoms with Crippen LogP contribution in [0.15, 0.2) is 57.3 Å². The number of carbonyl (C=O) groups is 1. The molecule has 2 aliphatic heterocycles. The summed E-state index contributed by atoms with van der Waals surface area (Å²) >= 11 is 2.91. The van der Waals surface area contributed by atoms with E-state index in [1.54, 1.807) is 23.4 Å².